The van der Waals surface area contributed by atoms with Gasteiger partial charge in [0, 0.05) is 17.1 Å². The van der Waals surface area contributed by atoms with Crippen LogP contribution in [0.2, 0.25) is 5.02 Å². The Bertz CT molecular complexity index is 875. The molecule has 0 saturated carbocycles. The molecule has 1 atom stereocenters. The summed E-state index contributed by atoms with van der Waals surface area (Å²) in [6.45, 7) is 1.69. The van der Waals surface area contributed by atoms with Gasteiger partial charge in [-0.3, -0.25) is 4.99 Å². The van der Waals surface area contributed by atoms with Crippen molar-refractivity contribution in [3.8, 4) is 0 Å². The molecule has 124 valence electrons. The first-order chi connectivity index (χ1) is 12.3. The first-order valence-electron chi connectivity index (χ1n) is 8.50. The molecule has 0 aromatic heterocycles. The van der Waals surface area contributed by atoms with Crippen LogP contribution in [0.5, 0.6) is 0 Å². The van der Waals surface area contributed by atoms with E-state index in [9.17, 15) is 0 Å². The van der Waals surface area contributed by atoms with Crippen molar-refractivity contribution in [1.29, 1.82) is 0 Å². The second-order valence-electron chi connectivity index (χ2n) is 6.10. The van der Waals surface area contributed by atoms with E-state index in [-0.39, 0.29) is 6.04 Å². The number of benzene rings is 3. The lowest BCUT2D eigenvalue weighted by molar-refractivity contribution is 0.389. The quantitative estimate of drug-likeness (QED) is 0.634. The Kier molecular flexibility index (Phi) is 4.53. The lowest BCUT2D eigenvalue weighted by Crippen LogP contribution is -2.33. The van der Waals surface area contributed by atoms with E-state index in [2.05, 4.69) is 59.5 Å². The van der Waals surface area contributed by atoms with Gasteiger partial charge in [0.15, 0.2) is 0 Å². The molecule has 0 amide bonds. The fraction of sp³-hybridized carbons (Fsp3) is 0.136. The average molecular weight is 347 g/mol. The van der Waals surface area contributed by atoms with Crippen LogP contribution in [0.3, 0.4) is 0 Å². The molecule has 3 aromatic rings. The molecule has 1 aliphatic heterocycles. The maximum absolute atomic E-state index is 6.57. The molecule has 3 aromatic carbocycles. The summed E-state index contributed by atoms with van der Waals surface area (Å²) >= 11 is 6.57. The van der Waals surface area contributed by atoms with Gasteiger partial charge in [0.1, 0.15) is 5.84 Å². The number of hydrogen-bond donors (Lipinski definition) is 0. The van der Waals surface area contributed by atoms with Gasteiger partial charge < -0.3 is 4.90 Å². The van der Waals surface area contributed by atoms with E-state index in [0.29, 0.717) is 0 Å². The topological polar surface area (TPSA) is 15.6 Å². The molecule has 3 heteroatoms. The van der Waals surface area contributed by atoms with Crippen LogP contribution in [0.15, 0.2) is 89.9 Å². The minimum absolute atomic E-state index is 0.0522. The zero-order valence-electron chi connectivity index (χ0n) is 13.8. The van der Waals surface area contributed by atoms with Crippen molar-refractivity contribution in [2.45, 2.75) is 6.04 Å². The summed E-state index contributed by atoms with van der Waals surface area (Å²) in [4.78, 5) is 7.16. The Balaban J connectivity index is 1.82. The largest absolute Gasteiger partial charge is 0.343 e. The number of hydrogen-bond acceptors (Lipinski definition) is 2. The molecule has 1 unspecified atom stereocenters. The maximum Gasteiger partial charge on any atom is 0.131 e. The molecular weight excluding hydrogens is 328 g/mol. The summed E-state index contributed by atoms with van der Waals surface area (Å²) in [7, 11) is 0. The van der Waals surface area contributed by atoms with Crippen LogP contribution < -0.4 is 0 Å². The van der Waals surface area contributed by atoms with Crippen LogP contribution >= 0.6 is 11.6 Å². The summed E-state index contributed by atoms with van der Waals surface area (Å²) < 4.78 is 0. The van der Waals surface area contributed by atoms with E-state index in [0.717, 1.165) is 35.1 Å². The predicted molar refractivity (Wildman–Crippen MR) is 104 cm³/mol. The van der Waals surface area contributed by atoms with Crippen LogP contribution in [0, 0.1) is 0 Å². The monoisotopic (exact) mass is 346 g/mol. The first kappa shape index (κ1) is 15.9. The Hall–Kier alpha value is -2.58. The molecule has 1 aliphatic rings. The zero-order chi connectivity index (χ0) is 17.1. The van der Waals surface area contributed by atoms with Crippen LogP contribution in [-0.2, 0) is 0 Å². The van der Waals surface area contributed by atoms with E-state index in [1.54, 1.807) is 0 Å². The summed E-state index contributed by atoms with van der Waals surface area (Å²) in [6.07, 6.45) is 0. The molecular formula is C22H19ClN2. The second kappa shape index (κ2) is 7.12. The van der Waals surface area contributed by atoms with Gasteiger partial charge in [-0.1, -0.05) is 90.5 Å². The highest BCUT2D eigenvalue weighted by atomic mass is 35.5. The lowest BCUT2D eigenvalue weighted by atomic mass is 9.96. The molecule has 0 saturated heterocycles. The van der Waals surface area contributed by atoms with Crippen molar-refractivity contribution in [2.24, 2.45) is 4.99 Å². The molecule has 0 fully saturated rings. The van der Waals surface area contributed by atoms with Gasteiger partial charge >= 0.3 is 0 Å². The van der Waals surface area contributed by atoms with Gasteiger partial charge in [0.2, 0.25) is 0 Å². The van der Waals surface area contributed by atoms with Crippen molar-refractivity contribution in [3.63, 3.8) is 0 Å². The highest BCUT2D eigenvalue weighted by Crippen LogP contribution is 2.35. The normalized spacial score (nSPS) is 15.1. The fourth-order valence-corrected chi connectivity index (χ4v) is 3.65. The number of rotatable bonds is 4. The molecule has 0 radical (unpaired) electrons. The third-order valence-corrected chi connectivity index (χ3v) is 4.88. The third-order valence-electron chi connectivity index (χ3n) is 4.53. The second-order valence-corrected chi connectivity index (χ2v) is 6.51. The van der Waals surface area contributed by atoms with Crippen molar-refractivity contribution in [1.82, 2.24) is 4.90 Å². The van der Waals surface area contributed by atoms with Gasteiger partial charge in [0.05, 0.1) is 12.6 Å². The molecule has 0 N–H and O–H groups in total. The lowest BCUT2D eigenvalue weighted by Gasteiger charge is -2.32. The van der Waals surface area contributed by atoms with E-state index in [4.69, 9.17) is 16.6 Å². The van der Waals surface area contributed by atoms with Crippen molar-refractivity contribution in [2.75, 3.05) is 13.1 Å². The molecule has 0 bridgehead atoms. The summed E-state index contributed by atoms with van der Waals surface area (Å²) in [5, 5.41) is 0.788. The van der Waals surface area contributed by atoms with E-state index < -0.39 is 0 Å². The van der Waals surface area contributed by atoms with Crippen LogP contribution in [-0.4, -0.2) is 23.8 Å². The fourth-order valence-electron chi connectivity index (χ4n) is 3.42. The van der Waals surface area contributed by atoms with Crippen LogP contribution in [0.1, 0.15) is 22.7 Å². The number of nitrogens with zero attached hydrogens (tertiary/aromatic N) is 2. The number of halogens is 1. The molecule has 25 heavy (non-hydrogen) atoms. The Morgan fingerprint density at radius 1 is 0.800 bits per heavy atom. The van der Waals surface area contributed by atoms with Gasteiger partial charge in [-0.05, 0) is 17.2 Å². The van der Waals surface area contributed by atoms with Gasteiger partial charge in [-0.2, -0.15) is 0 Å². The van der Waals surface area contributed by atoms with Crippen molar-refractivity contribution >= 4 is 17.4 Å². The van der Waals surface area contributed by atoms with E-state index in [1.165, 1.54) is 5.56 Å². The van der Waals surface area contributed by atoms with Crippen molar-refractivity contribution in [3.05, 3.63) is 107 Å². The number of amidine groups is 1. The standard InChI is InChI=1S/C22H19ClN2/c23-20-14-8-7-13-19(20)21(17-9-3-1-4-10-17)25-16-15-24-22(25)18-11-5-2-6-12-18/h1-14,21H,15-16H2. The minimum Gasteiger partial charge on any atom is -0.343 e. The average Bonchev–Trinajstić information content (AvgIpc) is 3.14. The predicted octanol–water partition coefficient (Wildman–Crippen LogP) is 5.19. The molecule has 0 aliphatic carbocycles. The van der Waals surface area contributed by atoms with Gasteiger partial charge in [-0.25, -0.2) is 0 Å². The van der Waals surface area contributed by atoms with Crippen LogP contribution in [0.25, 0.3) is 0 Å². The van der Waals surface area contributed by atoms with Crippen LogP contribution in [0.4, 0.5) is 0 Å². The Morgan fingerprint density at radius 2 is 1.44 bits per heavy atom. The Labute approximate surface area is 153 Å². The smallest absolute Gasteiger partial charge is 0.131 e. The highest BCUT2D eigenvalue weighted by molar-refractivity contribution is 6.31. The van der Waals surface area contributed by atoms with Crippen molar-refractivity contribution < 1.29 is 0 Å². The maximum atomic E-state index is 6.57. The van der Waals surface area contributed by atoms with Gasteiger partial charge in [-0.15, -0.1) is 0 Å². The SMILES string of the molecule is Clc1ccccc1C(c1ccccc1)N1CCN=C1c1ccccc1. The minimum atomic E-state index is 0.0522. The molecule has 0 spiro atoms. The first-order valence-corrected chi connectivity index (χ1v) is 8.88. The van der Waals surface area contributed by atoms with E-state index in [1.807, 2.05) is 30.3 Å². The summed E-state index contributed by atoms with van der Waals surface area (Å²) in [5.41, 5.74) is 3.48. The Morgan fingerprint density at radius 3 is 2.16 bits per heavy atom. The zero-order valence-corrected chi connectivity index (χ0v) is 14.6. The summed E-state index contributed by atoms with van der Waals surface area (Å²) in [6, 6.07) is 29.1. The summed E-state index contributed by atoms with van der Waals surface area (Å²) in [5.74, 6) is 1.04. The molecule has 2 nitrogen and oxygen atoms in total. The third kappa shape index (κ3) is 3.18. The molecule has 1 heterocycles. The highest BCUT2D eigenvalue weighted by Gasteiger charge is 2.29. The van der Waals surface area contributed by atoms with Gasteiger partial charge in [0.25, 0.3) is 0 Å². The number of aliphatic imine (C=N–C) groups is 1. The van der Waals surface area contributed by atoms with E-state index >= 15 is 0 Å². The molecule has 4 rings (SSSR count).